The molecule has 2 aromatic carbocycles. The van der Waals surface area contributed by atoms with Gasteiger partial charge in [-0.1, -0.05) is 12.1 Å². The van der Waals surface area contributed by atoms with E-state index in [0.717, 1.165) is 16.9 Å². The largest absolute Gasteiger partial charge is 0.497 e. The Balaban J connectivity index is 1.81. The maximum atomic E-state index is 12.8. The first-order chi connectivity index (χ1) is 14.5. The quantitative estimate of drug-likeness (QED) is 0.733. The zero-order valence-corrected chi connectivity index (χ0v) is 16.9. The molecule has 4 rings (SSSR count). The average molecular weight is 410 g/mol. The second-order valence-electron chi connectivity index (χ2n) is 7.01. The predicted octanol–water partition coefficient (Wildman–Crippen LogP) is 3.10. The Labute approximate surface area is 174 Å². The van der Waals surface area contributed by atoms with E-state index >= 15 is 0 Å². The summed E-state index contributed by atoms with van der Waals surface area (Å²) in [7, 11) is 3.16. The van der Waals surface area contributed by atoms with Crippen molar-refractivity contribution >= 4 is 5.97 Å². The third-order valence-corrected chi connectivity index (χ3v) is 5.20. The van der Waals surface area contributed by atoms with Crippen LogP contribution in [0.5, 0.6) is 11.5 Å². The molecule has 0 saturated carbocycles. The lowest BCUT2D eigenvalue weighted by Crippen LogP contribution is -2.29. The van der Waals surface area contributed by atoms with Gasteiger partial charge >= 0.3 is 5.97 Å². The van der Waals surface area contributed by atoms with Crippen LogP contribution in [0, 0.1) is 6.92 Å². The molecular formula is C23H22O7. The second kappa shape index (κ2) is 7.76. The van der Waals surface area contributed by atoms with Gasteiger partial charge in [-0.15, -0.1) is 0 Å². The van der Waals surface area contributed by atoms with Crippen molar-refractivity contribution in [2.45, 2.75) is 19.1 Å². The van der Waals surface area contributed by atoms with Gasteiger partial charge in [-0.2, -0.15) is 0 Å². The molecule has 1 unspecified atom stereocenters. The second-order valence-corrected chi connectivity index (χ2v) is 7.01. The van der Waals surface area contributed by atoms with E-state index in [1.54, 1.807) is 38.5 Å². The number of carbonyl (C=O) groups is 1. The van der Waals surface area contributed by atoms with Gasteiger partial charge in [-0.05, 0) is 48.4 Å². The van der Waals surface area contributed by atoms with Gasteiger partial charge in [0.15, 0.2) is 5.76 Å². The van der Waals surface area contributed by atoms with Crippen LogP contribution in [-0.2, 0) is 31.2 Å². The van der Waals surface area contributed by atoms with Crippen molar-refractivity contribution in [3.63, 3.8) is 0 Å². The molecule has 7 nitrogen and oxygen atoms in total. The number of rotatable bonds is 6. The molecule has 30 heavy (non-hydrogen) atoms. The molecular weight excluding hydrogens is 388 g/mol. The number of hydrogen-bond acceptors (Lipinski definition) is 7. The molecule has 0 saturated heterocycles. The van der Waals surface area contributed by atoms with Gasteiger partial charge in [0, 0.05) is 17.6 Å². The maximum Gasteiger partial charge on any atom is 0.345 e. The number of aliphatic hydroxyl groups is 1. The SMILES string of the molecule is COc1ccc(C2(O)OC(=O)C(C3=COCO3)=C2Cc2ccc(OC)c(C)c2)cc1. The molecule has 1 atom stereocenters. The highest BCUT2D eigenvalue weighted by Crippen LogP contribution is 2.44. The van der Waals surface area contributed by atoms with Crippen molar-refractivity contribution in [3.05, 3.63) is 82.3 Å². The molecule has 0 amide bonds. The molecule has 0 fully saturated rings. The van der Waals surface area contributed by atoms with Crippen molar-refractivity contribution in [1.82, 2.24) is 0 Å². The lowest BCUT2D eigenvalue weighted by atomic mass is 9.89. The summed E-state index contributed by atoms with van der Waals surface area (Å²) < 4.78 is 26.6. The first kappa shape index (κ1) is 19.8. The molecule has 0 aromatic heterocycles. The monoisotopic (exact) mass is 410 g/mol. The number of esters is 1. The van der Waals surface area contributed by atoms with Crippen LogP contribution >= 0.6 is 0 Å². The summed E-state index contributed by atoms with van der Waals surface area (Å²) in [5.74, 6) is -1.000. The van der Waals surface area contributed by atoms with E-state index in [2.05, 4.69) is 0 Å². The van der Waals surface area contributed by atoms with Crippen LogP contribution in [0.1, 0.15) is 16.7 Å². The van der Waals surface area contributed by atoms with E-state index in [0.29, 0.717) is 16.9 Å². The minimum Gasteiger partial charge on any atom is -0.497 e. The topological polar surface area (TPSA) is 83.5 Å². The highest BCUT2D eigenvalue weighted by Gasteiger charge is 2.49. The van der Waals surface area contributed by atoms with Gasteiger partial charge < -0.3 is 28.8 Å². The van der Waals surface area contributed by atoms with Crippen molar-refractivity contribution in [2.75, 3.05) is 21.0 Å². The zero-order chi connectivity index (χ0) is 21.3. The molecule has 2 heterocycles. The van der Waals surface area contributed by atoms with E-state index in [4.69, 9.17) is 23.7 Å². The normalized spacial score (nSPS) is 20.4. The number of ether oxygens (including phenoxy) is 5. The van der Waals surface area contributed by atoms with Crippen molar-refractivity contribution < 1.29 is 33.6 Å². The van der Waals surface area contributed by atoms with Gasteiger partial charge in [0.1, 0.15) is 23.3 Å². The number of carbonyl (C=O) groups excluding carboxylic acids is 1. The Kier molecular flexibility index (Phi) is 5.13. The van der Waals surface area contributed by atoms with Crippen LogP contribution in [0.15, 0.2) is 65.6 Å². The van der Waals surface area contributed by atoms with Crippen LogP contribution in [0.2, 0.25) is 0 Å². The lowest BCUT2D eigenvalue weighted by Gasteiger charge is -2.26. The summed E-state index contributed by atoms with van der Waals surface area (Å²) in [6.07, 6.45) is 1.62. The van der Waals surface area contributed by atoms with E-state index in [-0.39, 0.29) is 24.5 Å². The molecule has 2 aliphatic rings. The number of methoxy groups -OCH3 is 2. The summed E-state index contributed by atoms with van der Waals surface area (Å²) in [6.45, 7) is 1.93. The average Bonchev–Trinajstić information content (AvgIpc) is 3.35. The molecule has 1 N–H and O–H groups in total. The molecule has 7 heteroatoms. The Bertz CT molecular complexity index is 1040. The zero-order valence-electron chi connectivity index (χ0n) is 16.9. The van der Waals surface area contributed by atoms with Crippen LogP contribution in [0.3, 0.4) is 0 Å². The molecule has 156 valence electrons. The highest BCUT2D eigenvalue weighted by atomic mass is 16.7. The summed E-state index contributed by atoms with van der Waals surface area (Å²) in [4.78, 5) is 12.8. The third-order valence-electron chi connectivity index (χ3n) is 5.20. The Morgan fingerprint density at radius 1 is 1.10 bits per heavy atom. The van der Waals surface area contributed by atoms with Crippen molar-refractivity contribution in [2.24, 2.45) is 0 Å². The van der Waals surface area contributed by atoms with E-state index < -0.39 is 11.8 Å². The number of aryl methyl sites for hydroxylation is 1. The minimum atomic E-state index is -1.95. The Morgan fingerprint density at radius 3 is 2.47 bits per heavy atom. The highest BCUT2D eigenvalue weighted by molar-refractivity contribution is 5.97. The van der Waals surface area contributed by atoms with E-state index in [9.17, 15) is 9.90 Å². The van der Waals surface area contributed by atoms with Gasteiger partial charge in [0.05, 0.1) is 14.2 Å². The first-order valence-electron chi connectivity index (χ1n) is 9.38. The fraction of sp³-hybridized carbons (Fsp3) is 0.261. The fourth-order valence-corrected chi connectivity index (χ4v) is 3.67. The lowest BCUT2D eigenvalue weighted by molar-refractivity contribution is -0.186. The minimum absolute atomic E-state index is 0.00199. The van der Waals surface area contributed by atoms with Crippen molar-refractivity contribution in [3.8, 4) is 11.5 Å². The van der Waals surface area contributed by atoms with Gasteiger partial charge in [0.2, 0.25) is 6.79 Å². The standard InChI is InChI=1S/C23H22O7/c1-14-10-15(4-9-19(14)27-3)11-18-21(20-12-28-13-29-20)22(24)30-23(18,25)16-5-7-17(26-2)8-6-16/h4-10,12,25H,11,13H2,1-3H3. The number of hydrogen-bond donors (Lipinski definition) is 1. The van der Waals surface area contributed by atoms with Gasteiger partial charge in [0.25, 0.3) is 5.79 Å². The Hall–Kier alpha value is -3.45. The first-order valence-corrected chi connectivity index (χ1v) is 9.38. The molecule has 0 aliphatic carbocycles. The fourth-order valence-electron chi connectivity index (χ4n) is 3.67. The Morgan fingerprint density at radius 2 is 1.87 bits per heavy atom. The van der Waals surface area contributed by atoms with Gasteiger partial charge in [-0.3, -0.25) is 0 Å². The third kappa shape index (κ3) is 3.37. The van der Waals surface area contributed by atoms with Crippen LogP contribution in [0.4, 0.5) is 0 Å². The summed E-state index contributed by atoms with van der Waals surface area (Å²) >= 11 is 0. The summed E-state index contributed by atoms with van der Waals surface area (Å²) in [5.41, 5.74) is 2.77. The van der Waals surface area contributed by atoms with Crippen LogP contribution in [-0.4, -0.2) is 32.1 Å². The summed E-state index contributed by atoms with van der Waals surface area (Å²) in [5, 5.41) is 11.5. The number of benzene rings is 2. The summed E-state index contributed by atoms with van der Waals surface area (Å²) in [6, 6.07) is 12.4. The van der Waals surface area contributed by atoms with E-state index in [1.165, 1.54) is 6.26 Å². The van der Waals surface area contributed by atoms with Crippen LogP contribution in [0.25, 0.3) is 0 Å². The molecule has 0 bridgehead atoms. The molecule has 2 aromatic rings. The predicted molar refractivity (Wildman–Crippen MR) is 107 cm³/mol. The van der Waals surface area contributed by atoms with Gasteiger partial charge in [-0.25, -0.2) is 4.79 Å². The smallest absolute Gasteiger partial charge is 0.345 e. The van der Waals surface area contributed by atoms with Crippen molar-refractivity contribution in [1.29, 1.82) is 0 Å². The van der Waals surface area contributed by atoms with Crippen LogP contribution < -0.4 is 9.47 Å². The van der Waals surface area contributed by atoms with E-state index in [1.807, 2.05) is 25.1 Å². The molecule has 2 aliphatic heterocycles. The maximum absolute atomic E-state index is 12.8. The molecule has 0 spiro atoms. The number of cyclic esters (lactones) is 1. The molecule has 0 radical (unpaired) electrons.